The van der Waals surface area contributed by atoms with Crippen LogP contribution in [0, 0.1) is 0 Å². The summed E-state index contributed by atoms with van der Waals surface area (Å²) in [5.41, 5.74) is 2.89. The number of fused-ring (bicyclic) bond motifs is 1. The molecule has 4 heterocycles. The molecule has 0 saturated heterocycles. The van der Waals surface area contributed by atoms with E-state index in [-0.39, 0.29) is 0 Å². The monoisotopic (exact) mass is 327 g/mol. The van der Waals surface area contributed by atoms with Gasteiger partial charge in [-0.05, 0) is 23.6 Å². The summed E-state index contributed by atoms with van der Waals surface area (Å²) in [6.45, 7) is 2.29. The molecule has 0 aromatic carbocycles. The highest BCUT2D eigenvalue weighted by Gasteiger charge is 2.18. The lowest BCUT2D eigenvalue weighted by molar-refractivity contribution is 0.200. The molecule has 0 spiro atoms. The zero-order valence-corrected chi connectivity index (χ0v) is 13.6. The van der Waals surface area contributed by atoms with Gasteiger partial charge >= 0.3 is 0 Å². The second-order valence-electron chi connectivity index (χ2n) is 5.27. The highest BCUT2D eigenvalue weighted by molar-refractivity contribution is 7.13. The number of aliphatic imine (C=N–C) groups is 1. The third kappa shape index (κ3) is 2.62. The van der Waals surface area contributed by atoms with E-state index in [1.807, 2.05) is 10.6 Å². The van der Waals surface area contributed by atoms with Gasteiger partial charge in [0.05, 0.1) is 29.3 Å². The third-order valence-electron chi connectivity index (χ3n) is 3.76. The fourth-order valence-corrected chi connectivity index (χ4v) is 3.41. The first-order valence-corrected chi connectivity index (χ1v) is 8.45. The first-order valence-electron chi connectivity index (χ1n) is 7.57. The topological polar surface area (TPSA) is 63.8 Å². The van der Waals surface area contributed by atoms with Crippen molar-refractivity contribution in [3.63, 3.8) is 0 Å². The minimum Gasteiger partial charge on any atom is -0.384 e. The van der Waals surface area contributed by atoms with Crippen molar-refractivity contribution in [2.75, 3.05) is 26.8 Å². The average molecular weight is 327 g/mol. The molecule has 0 unspecified atom stereocenters. The van der Waals surface area contributed by atoms with E-state index in [9.17, 15) is 0 Å². The standard InChI is InChI=1S/C16H17N5OS/c1-22-9-6-14-19-16-11(15-17-7-8-18-15)4-5-12(21(16)20-14)13-3-2-10-23-13/h2-5,10H,6-9H2,1H3,(H,17,18). The lowest BCUT2D eigenvalue weighted by Gasteiger charge is -2.07. The van der Waals surface area contributed by atoms with E-state index in [0.717, 1.165) is 41.7 Å². The van der Waals surface area contributed by atoms with Crippen LogP contribution in [0.5, 0.6) is 0 Å². The van der Waals surface area contributed by atoms with Gasteiger partial charge in [-0.15, -0.1) is 11.3 Å². The van der Waals surface area contributed by atoms with E-state index >= 15 is 0 Å². The van der Waals surface area contributed by atoms with Gasteiger partial charge in [0.25, 0.3) is 0 Å². The summed E-state index contributed by atoms with van der Waals surface area (Å²) < 4.78 is 7.08. The molecule has 1 aliphatic rings. The molecule has 0 fully saturated rings. The largest absolute Gasteiger partial charge is 0.384 e. The predicted octanol–water partition coefficient (Wildman–Crippen LogP) is 2.00. The lowest BCUT2D eigenvalue weighted by Crippen LogP contribution is -2.20. The summed E-state index contributed by atoms with van der Waals surface area (Å²) >= 11 is 1.70. The Morgan fingerprint density at radius 3 is 3.04 bits per heavy atom. The van der Waals surface area contributed by atoms with Crippen LogP contribution in [0.1, 0.15) is 11.4 Å². The SMILES string of the molecule is COCCc1nc2c(C3=NCCN3)ccc(-c3cccs3)n2n1. The molecule has 7 heteroatoms. The van der Waals surface area contributed by atoms with Gasteiger partial charge in [-0.1, -0.05) is 6.07 Å². The van der Waals surface area contributed by atoms with Crippen LogP contribution in [-0.2, 0) is 11.2 Å². The molecule has 4 rings (SSSR count). The lowest BCUT2D eigenvalue weighted by atomic mass is 10.2. The van der Waals surface area contributed by atoms with Crippen molar-refractivity contribution >= 4 is 22.8 Å². The summed E-state index contributed by atoms with van der Waals surface area (Å²) in [5.74, 6) is 1.69. The van der Waals surface area contributed by atoms with Crippen LogP contribution in [0.15, 0.2) is 34.6 Å². The number of nitrogens with one attached hydrogen (secondary N) is 1. The van der Waals surface area contributed by atoms with Gasteiger partial charge in [-0.2, -0.15) is 5.10 Å². The Morgan fingerprint density at radius 2 is 2.30 bits per heavy atom. The predicted molar refractivity (Wildman–Crippen MR) is 91.3 cm³/mol. The average Bonchev–Trinajstić information content (AvgIpc) is 3.32. The van der Waals surface area contributed by atoms with Crippen LogP contribution < -0.4 is 5.32 Å². The van der Waals surface area contributed by atoms with Crippen LogP contribution in [0.25, 0.3) is 16.2 Å². The number of pyridine rings is 1. The number of hydrogen-bond donors (Lipinski definition) is 1. The minimum atomic E-state index is 0.611. The number of ether oxygens (including phenoxy) is 1. The number of hydrogen-bond acceptors (Lipinski definition) is 6. The fraction of sp³-hybridized carbons (Fsp3) is 0.312. The Hall–Kier alpha value is -2.25. The molecule has 1 N–H and O–H groups in total. The van der Waals surface area contributed by atoms with Crippen molar-refractivity contribution in [2.45, 2.75) is 6.42 Å². The summed E-state index contributed by atoms with van der Waals surface area (Å²) in [7, 11) is 1.69. The Kier molecular flexibility index (Phi) is 3.80. The summed E-state index contributed by atoms with van der Waals surface area (Å²) in [6.07, 6.45) is 0.696. The molecular formula is C16H17N5OS. The van der Waals surface area contributed by atoms with Gasteiger partial charge in [-0.3, -0.25) is 4.99 Å². The van der Waals surface area contributed by atoms with Gasteiger partial charge in [0.15, 0.2) is 11.5 Å². The van der Waals surface area contributed by atoms with Crippen molar-refractivity contribution in [3.05, 3.63) is 41.0 Å². The third-order valence-corrected chi connectivity index (χ3v) is 4.65. The molecule has 0 amide bonds. The van der Waals surface area contributed by atoms with E-state index in [4.69, 9.17) is 9.72 Å². The van der Waals surface area contributed by atoms with E-state index in [1.165, 1.54) is 4.88 Å². The number of nitrogens with zero attached hydrogens (tertiary/aromatic N) is 4. The second-order valence-corrected chi connectivity index (χ2v) is 6.22. The number of rotatable bonds is 5. The van der Waals surface area contributed by atoms with Crippen molar-refractivity contribution < 1.29 is 4.74 Å². The minimum absolute atomic E-state index is 0.611. The molecule has 0 aliphatic carbocycles. The van der Waals surface area contributed by atoms with Crippen LogP contribution in [0.2, 0.25) is 0 Å². The van der Waals surface area contributed by atoms with E-state index in [2.05, 4.69) is 39.0 Å². The second kappa shape index (κ2) is 6.10. The molecule has 0 bridgehead atoms. The van der Waals surface area contributed by atoms with Crippen molar-refractivity contribution in [1.29, 1.82) is 0 Å². The Bertz CT molecular complexity index is 853. The number of methoxy groups -OCH3 is 1. The molecule has 0 radical (unpaired) electrons. The smallest absolute Gasteiger partial charge is 0.167 e. The number of thiophene rings is 1. The molecule has 1 aliphatic heterocycles. The van der Waals surface area contributed by atoms with E-state index < -0.39 is 0 Å². The summed E-state index contributed by atoms with van der Waals surface area (Å²) in [5, 5.41) is 10.1. The highest BCUT2D eigenvalue weighted by atomic mass is 32.1. The van der Waals surface area contributed by atoms with E-state index in [1.54, 1.807) is 18.4 Å². The molecule has 0 atom stereocenters. The normalized spacial score (nSPS) is 14.2. The Morgan fingerprint density at radius 1 is 1.35 bits per heavy atom. The van der Waals surface area contributed by atoms with Crippen molar-refractivity contribution in [1.82, 2.24) is 19.9 Å². The summed E-state index contributed by atoms with van der Waals surface area (Å²) in [6, 6.07) is 8.31. The van der Waals surface area contributed by atoms with Crippen LogP contribution in [-0.4, -0.2) is 47.2 Å². The van der Waals surface area contributed by atoms with Crippen LogP contribution >= 0.6 is 11.3 Å². The zero-order chi connectivity index (χ0) is 15.6. The molecule has 3 aromatic heterocycles. The first kappa shape index (κ1) is 14.3. The maximum Gasteiger partial charge on any atom is 0.167 e. The molecule has 118 valence electrons. The number of amidine groups is 1. The van der Waals surface area contributed by atoms with Gasteiger partial charge in [0, 0.05) is 20.1 Å². The highest BCUT2D eigenvalue weighted by Crippen LogP contribution is 2.26. The quantitative estimate of drug-likeness (QED) is 0.778. The maximum absolute atomic E-state index is 5.15. The summed E-state index contributed by atoms with van der Waals surface area (Å²) in [4.78, 5) is 10.4. The molecule has 6 nitrogen and oxygen atoms in total. The Balaban J connectivity index is 1.88. The first-order chi connectivity index (χ1) is 11.4. The molecular weight excluding hydrogens is 310 g/mol. The maximum atomic E-state index is 5.15. The molecule has 23 heavy (non-hydrogen) atoms. The van der Waals surface area contributed by atoms with Gasteiger partial charge in [0.1, 0.15) is 5.84 Å². The van der Waals surface area contributed by atoms with Gasteiger partial charge in [-0.25, -0.2) is 9.50 Å². The zero-order valence-electron chi connectivity index (χ0n) is 12.8. The number of aromatic nitrogens is 3. The Labute approximate surface area is 137 Å². The fourth-order valence-electron chi connectivity index (χ4n) is 2.68. The van der Waals surface area contributed by atoms with E-state index in [0.29, 0.717) is 13.0 Å². The molecule has 3 aromatic rings. The van der Waals surface area contributed by atoms with Gasteiger partial charge < -0.3 is 10.1 Å². The van der Waals surface area contributed by atoms with Gasteiger partial charge in [0.2, 0.25) is 0 Å². The van der Waals surface area contributed by atoms with Crippen LogP contribution in [0.4, 0.5) is 0 Å². The van der Waals surface area contributed by atoms with Crippen LogP contribution in [0.3, 0.4) is 0 Å². The van der Waals surface area contributed by atoms with Crippen molar-refractivity contribution in [3.8, 4) is 10.6 Å². The molecule has 0 saturated carbocycles. The van der Waals surface area contributed by atoms with Crippen molar-refractivity contribution in [2.24, 2.45) is 4.99 Å².